The van der Waals surface area contributed by atoms with Crippen molar-refractivity contribution in [3.63, 3.8) is 0 Å². The van der Waals surface area contributed by atoms with Crippen LogP contribution in [0.1, 0.15) is 26.7 Å². The van der Waals surface area contributed by atoms with Gasteiger partial charge in [-0.05, 0) is 45.8 Å². The first-order valence-corrected chi connectivity index (χ1v) is 4.65. The summed E-state index contributed by atoms with van der Waals surface area (Å²) < 4.78 is 0. The molecular formula is C9H20N2. The van der Waals surface area contributed by atoms with Crippen molar-refractivity contribution < 1.29 is 0 Å². The molecule has 66 valence electrons. The highest BCUT2D eigenvalue weighted by Crippen LogP contribution is 2.16. The molecule has 0 aromatic heterocycles. The monoisotopic (exact) mass is 156 g/mol. The highest BCUT2D eigenvalue weighted by molar-refractivity contribution is 4.72. The molecule has 1 heterocycles. The summed E-state index contributed by atoms with van der Waals surface area (Å²) in [7, 11) is 2.03. The second-order valence-electron chi connectivity index (χ2n) is 3.68. The van der Waals surface area contributed by atoms with Crippen LogP contribution in [-0.4, -0.2) is 31.2 Å². The van der Waals surface area contributed by atoms with E-state index >= 15 is 0 Å². The van der Waals surface area contributed by atoms with Gasteiger partial charge < -0.3 is 5.32 Å². The summed E-state index contributed by atoms with van der Waals surface area (Å²) in [5.41, 5.74) is 0. The van der Waals surface area contributed by atoms with Gasteiger partial charge >= 0.3 is 0 Å². The first-order chi connectivity index (χ1) is 5.24. The number of nitrogens with zero attached hydrogens (tertiary/aromatic N) is 1. The smallest absolute Gasteiger partial charge is 0.0565 e. The standard InChI is InChI=1S/C9H20N2/c1-8-4-6-11(7-5-8)9(2)10-3/h8-10H,4-7H2,1-3H3. The van der Waals surface area contributed by atoms with Crippen LogP contribution in [0.15, 0.2) is 0 Å². The molecule has 1 N–H and O–H groups in total. The molecular weight excluding hydrogens is 136 g/mol. The summed E-state index contributed by atoms with van der Waals surface area (Å²) in [6.07, 6.45) is 3.29. The van der Waals surface area contributed by atoms with Crippen LogP contribution in [0, 0.1) is 5.92 Å². The minimum atomic E-state index is 0.558. The van der Waals surface area contributed by atoms with Crippen LogP contribution in [-0.2, 0) is 0 Å². The zero-order valence-corrected chi connectivity index (χ0v) is 7.93. The van der Waals surface area contributed by atoms with E-state index in [-0.39, 0.29) is 0 Å². The zero-order valence-electron chi connectivity index (χ0n) is 7.93. The van der Waals surface area contributed by atoms with Crippen LogP contribution in [0.5, 0.6) is 0 Å². The van der Waals surface area contributed by atoms with Crippen LogP contribution in [0.4, 0.5) is 0 Å². The second kappa shape index (κ2) is 4.07. The first kappa shape index (κ1) is 9.01. The van der Waals surface area contributed by atoms with E-state index in [1.165, 1.54) is 25.9 Å². The van der Waals surface area contributed by atoms with Crippen molar-refractivity contribution >= 4 is 0 Å². The highest BCUT2D eigenvalue weighted by atomic mass is 15.3. The molecule has 11 heavy (non-hydrogen) atoms. The Morgan fingerprint density at radius 2 is 1.91 bits per heavy atom. The Morgan fingerprint density at radius 1 is 1.36 bits per heavy atom. The van der Waals surface area contributed by atoms with Crippen molar-refractivity contribution in [2.24, 2.45) is 5.92 Å². The van der Waals surface area contributed by atoms with Gasteiger partial charge in [0, 0.05) is 0 Å². The summed E-state index contributed by atoms with van der Waals surface area (Å²) >= 11 is 0. The molecule has 0 radical (unpaired) electrons. The van der Waals surface area contributed by atoms with Crippen LogP contribution >= 0.6 is 0 Å². The lowest BCUT2D eigenvalue weighted by Gasteiger charge is -2.34. The molecule has 0 saturated carbocycles. The molecule has 0 spiro atoms. The van der Waals surface area contributed by atoms with Gasteiger partial charge in [0.2, 0.25) is 0 Å². The molecule has 0 aromatic carbocycles. The van der Waals surface area contributed by atoms with Crippen molar-refractivity contribution in [3.05, 3.63) is 0 Å². The fourth-order valence-electron chi connectivity index (χ4n) is 1.60. The fraction of sp³-hybridized carbons (Fsp3) is 1.00. The Labute approximate surface area is 70.0 Å². The lowest BCUT2D eigenvalue weighted by Crippen LogP contribution is -2.45. The summed E-state index contributed by atoms with van der Waals surface area (Å²) in [6.45, 7) is 7.11. The molecule has 0 bridgehead atoms. The van der Waals surface area contributed by atoms with E-state index in [4.69, 9.17) is 0 Å². The van der Waals surface area contributed by atoms with E-state index in [1.54, 1.807) is 0 Å². The third-order valence-corrected chi connectivity index (χ3v) is 2.78. The predicted octanol–water partition coefficient (Wildman–Crippen LogP) is 1.28. The normalized spacial score (nSPS) is 25.4. The van der Waals surface area contributed by atoms with E-state index in [1.807, 2.05) is 7.05 Å². The zero-order chi connectivity index (χ0) is 8.27. The Bertz CT molecular complexity index is 106. The maximum absolute atomic E-state index is 3.28. The number of piperidine rings is 1. The average molecular weight is 156 g/mol. The van der Waals surface area contributed by atoms with E-state index < -0.39 is 0 Å². The summed E-state index contributed by atoms with van der Waals surface area (Å²) in [5, 5.41) is 3.28. The number of likely N-dealkylation sites (tertiary alicyclic amines) is 1. The number of nitrogens with one attached hydrogen (secondary N) is 1. The molecule has 1 aliphatic rings. The molecule has 1 unspecified atom stereocenters. The van der Waals surface area contributed by atoms with Crippen molar-refractivity contribution in [1.82, 2.24) is 10.2 Å². The second-order valence-corrected chi connectivity index (χ2v) is 3.68. The Kier molecular flexibility index (Phi) is 3.34. The molecule has 0 amide bonds. The van der Waals surface area contributed by atoms with E-state index in [0.717, 1.165) is 5.92 Å². The minimum Gasteiger partial charge on any atom is -0.305 e. The van der Waals surface area contributed by atoms with Gasteiger partial charge in [-0.1, -0.05) is 6.92 Å². The van der Waals surface area contributed by atoms with Gasteiger partial charge in [0.05, 0.1) is 6.17 Å². The molecule has 1 aliphatic heterocycles. The van der Waals surface area contributed by atoms with Gasteiger partial charge in [0.25, 0.3) is 0 Å². The average Bonchev–Trinajstić information content (AvgIpc) is 2.05. The highest BCUT2D eigenvalue weighted by Gasteiger charge is 2.18. The minimum absolute atomic E-state index is 0.558. The number of hydrogen-bond donors (Lipinski definition) is 1. The molecule has 1 atom stereocenters. The van der Waals surface area contributed by atoms with Crippen LogP contribution in [0.25, 0.3) is 0 Å². The molecule has 2 heteroatoms. The van der Waals surface area contributed by atoms with Crippen LogP contribution in [0.3, 0.4) is 0 Å². The van der Waals surface area contributed by atoms with Crippen LogP contribution < -0.4 is 5.32 Å². The van der Waals surface area contributed by atoms with Gasteiger partial charge in [0.1, 0.15) is 0 Å². The molecule has 1 fully saturated rings. The van der Waals surface area contributed by atoms with Gasteiger partial charge in [-0.3, -0.25) is 4.90 Å². The van der Waals surface area contributed by atoms with Crippen molar-refractivity contribution in [3.8, 4) is 0 Å². The lowest BCUT2D eigenvalue weighted by molar-refractivity contribution is 0.131. The van der Waals surface area contributed by atoms with Crippen molar-refractivity contribution in [2.45, 2.75) is 32.9 Å². The fourth-order valence-corrected chi connectivity index (χ4v) is 1.60. The van der Waals surface area contributed by atoms with Gasteiger partial charge in [-0.25, -0.2) is 0 Å². The third-order valence-electron chi connectivity index (χ3n) is 2.78. The summed E-state index contributed by atoms with van der Waals surface area (Å²) in [4.78, 5) is 2.51. The molecule has 1 saturated heterocycles. The van der Waals surface area contributed by atoms with Crippen molar-refractivity contribution in [2.75, 3.05) is 20.1 Å². The molecule has 0 aromatic rings. The molecule has 1 rings (SSSR count). The van der Waals surface area contributed by atoms with Gasteiger partial charge in [-0.15, -0.1) is 0 Å². The van der Waals surface area contributed by atoms with E-state index in [2.05, 4.69) is 24.1 Å². The quantitative estimate of drug-likeness (QED) is 0.648. The largest absolute Gasteiger partial charge is 0.305 e. The third kappa shape index (κ3) is 2.46. The molecule has 2 nitrogen and oxygen atoms in total. The summed E-state index contributed by atoms with van der Waals surface area (Å²) in [6, 6.07) is 0. The van der Waals surface area contributed by atoms with E-state index in [0.29, 0.717) is 6.17 Å². The Hall–Kier alpha value is -0.0800. The lowest BCUT2D eigenvalue weighted by atomic mass is 9.99. The maximum atomic E-state index is 3.28. The summed E-state index contributed by atoms with van der Waals surface area (Å²) in [5.74, 6) is 0.940. The number of rotatable bonds is 2. The Morgan fingerprint density at radius 3 is 2.36 bits per heavy atom. The van der Waals surface area contributed by atoms with Crippen LogP contribution in [0.2, 0.25) is 0 Å². The predicted molar refractivity (Wildman–Crippen MR) is 48.5 cm³/mol. The van der Waals surface area contributed by atoms with Gasteiger partial charge in [-0.2, -0.15) is 0 Å². The number of hydrogen-bond acceptors (Lipinski definition) is 2. The van der Waals surface area contributed by atoms with E-state index in [9.17, 15) is 0 Å². The topological polar surface area (TPSA) is 15.3 Å². The van der Waals surface area contributed by atoms with Gasteiger partial charge in [0.15, 0.2) is 0 Å². The molecule has 0 aliphatic carbocycles. The maximum Gasteiger partial charge on any atom is 0.0565 e. The SMILES string of the molecule is CNC(C)N1CCC(C)CC1. The first-order valence-electron chi connectivity index (χ1n) is 4.65. The van der Waals surface area contributed by atoms with Crippen molar-refractivity contribution in [1.29, 1.82) is 0 Å². The Balaban J connectivity index is 2.27.